The Kier molecular flexibility index (Phi) is 5.38. The Morgan fingerprint density at radius 1 is 1.26 bits per heavy atom. The quantitative estimate of drug-likeness (QED) is 0.467. The molecule has 1 unspecified atom stereocenters. The lowest BCUT2D eigenvalue weighted by Crippen LogP contribution is -2.40. The monoisotopic (exact) mass is 433 g/mol. The first-order valence-corrected chi connectivity index (χ1v) is 11.4. The summed E-state index contributed by atoms with van der Waals surface area (Å²) in [4.78, 5) is 19.7. The van der Waals surface area contributed by atoms with Gasteiger partial charge in [-0.05, 0) is 49.3 Å². The van der Waals surface area contributed by atoms with Gasteiger partial charge in [0.05, 0.1) is 23.1 Å². The summed E-state index contributed by atoms with van der Waals surface area (Å²) in [6.07, 6.45) is 4.37. The molecule has 0 aliphatic carbocycles. The van der Waals surface area contributed by atoms with Crippen LogP contribution in [-0.4, -0.2) is 43.8 Å². The van der Waals surface area contributed by atoms with Crippen molar-refractivity contribution in [2.24, 2.45) is 5.92 Å². The second-order valence-corrected chi connectivity index (χ2v) is 8.66. The molecular formula is C23H23N5O2S. The van der Waals surface area contributed by atoms with Crippen LogP contribution >= 0.6 is 11.3 Å². The van der Waals surface area contributed by atoms with E-state index in [4.69, 9.17) is 4.52 Å². The van der Waals surface area contributed by atoms with Crippen LogP contribution in [-0.2, 0) is 6.42 Å². The highest BCUT2D eigenvalue weighted by Crippen LogP contribution is 2.25. The molecule has 5 rings (SSSR count). The molecule has 1 aliphatic rings. The van der Waals surface area contributed by atoms with E-state index >= 15 is 0 Å². The molecule has 0 N–H and O–H groups in total. The molecule has 0 radical (unpaired) electrons. The van der Waals surface area contributed by atoms with Gasteiger partial charge in [-0.2, -0.15) is 21.4 Å². The molecule has 0 saturated carbocycles. The van der Waals surface area contributed by atoms with Gasteiger partial charge in [-0.3, -0.25) is 4.79 Å². The predicted octanol–water partition coefficient (Wildman–Crippen LogP) is 4.39. The number of nitrogens with zero attached hydrogens (tertiary/aromatic N) is 5. The van der Waals surface area contributed by atoms with Gasteiger partial charge in [0.1, 0.15) is 0 Å². The number of benzene rings is 1. The highest BCUT2D eigenvalue weighted by Gasteiger charge is 2.28. The molecule has 158 valence electrons. The van der Waals surface area contributed by atoms with Crippen LogP contribution in [0.2, 0.25) is 0 Å². The zero-order valence-corrected chi connectivity index (χ0v) is 18.1. The third-order valence-electron chi connectivity index (χ3n) is 5.76. The summed E-state index contributed by atoms with van der Waals surface area (Å²) in [7, 11) is 0. The first-order chi connectivity index (χ1) is 15.2. The fourth-order valence-electron chi connectivity index (χ4n) is 4.13. The van der Waals surface area contributed by atoms with Crippen LogP contribution in [0, 0.1) is 12.8 Å². The minimum Gasteiger partial charge on any atom is -0.339 e. The average Bonchev–Trinajstić information content (AvgIpc) is 3.55. The van der Waals surface area contributed by atoms with Gasteiger partial charge in [0.2, 0.25) is 11.7 Å². The number of amides is 1. The Bertz CT molecular complexity index is 1170. The summed E-state index contributed by atoms with van der Waals surface area (Å²) >= 11 is 1.61. The van der Waals surface area contributed by atoms with Crippen molar-refractivity contribution in [3.63, 3.8) is 0 Å². The Labute approximate surface area is 184 Å². The zero-order valence-electron chi connectivity index (χ0n) is 17.3. The van der Waals surface area contributed by atoms with Gasteiger partial charge in [0.15, 0.2) is 0 Å². The van der Waals surface area contributed by atoms with Crippen molar-refractivity contribution in [2.75, 3.05) is 13.1 Å². The van der Waals surface area contributed by atoms with E-state index in [-0.39, 0.29) is 5.91 Å². The van der Waals surface area contributed by atoms with Crippen LogP contribution in [0.3, 0.4) is 0 Å². The molecule has 4 heterocycles. The number of carbonyl (C=O) groups excluding carboxylic acids is 1. The molecule has 0 spiro atoms. The van der Waals surface area contributed by atoms with E-state index < -0.39 is 0 Å². The summed E-state index contributed by atoms with van der Waals surface area (Å²) in [5.41, 5.74) is 3.44. The molecule has 1 aromatic carbocycles. The lowest BCUT2D eigenvalue weighted by Gasteiger charge is -2.32. The Morgan fingerprint density at radius 3 is 2.94 bits per heavy atom. The normalized spacial score (nSPS) is 16.5. The van der Waals surface area contributed by atoms with Gasteiger partial charge in [0, 0.05) is 30.5 Å². The van der Waals surface area contributed by atoms with Crippen LogP contribution in [0.4, 0.5) is 0 Å². The Morgan fingerprint density at radius 2 is 2.13 bits per heavy atom. The summed E-state index contributed by atoms with van der Waals surface area (Å²) in [6, 6.07) is 11.9. The number of hydrogen-bond acceptors (Lipinski definition) is 6. The average molecular weight is 434 g/mol. The first-order valence-electron chi connectivity index (χ1n) is 10.4. The Balaban J connectivity index is 1.27. The van der Waals surface area contributed by atoms with Gasteiger partial charge >= 0.3 is 0 Å². The molecule has 1 aliphatic heterocycles. The number of thiophene rings is 1. The maximum atomic E-state index is 13.2. The minimum atomic E-state index is 0.0360. The molecule has 1 atom stereocenters. The van der Waals surface area contributed by atoms with E-state index in [0.29, 0.717) is 36.2 Å². The van der Waals surface area contributed by atoms with Gasteiger partial charge in [-0.1, -0.05) is 23.4 Å². The SMILES string of the molecule is Cc1c(C(=O)N2CCCC(Cc3nc(-c4ccsc4)no3)C2)cnn1-c1ccccc1. The highest BCUT2D eigenvalue weighted by molar-refractivity contribution is 7.08. The summed E-state index contributed by atoms with van der Waals surface area (Å²) in [5.74, 6) is 1.60. The number of carbonyl (C=O) groups is 1. The second-order valence-electron chi connectivity index (χ2n) is 7.88. The van der Waals surface area contributed by atoms with Crippen molar-refractivity contribution < 1.29 is 9.32 Å². The third-order valence-corrected chi connectivity index (χ3v) is 6.44. The molecule has 3 aromatic heterocycles. The van der Waals surface area contributed by atoms with Crippen molar-refractivity contribution >= 4 is 17.2 Å². The fraction of sp³-hybridized carbons (Fsp3) is 0.304. The van der Waals surface area contributed by atoms with Crippen LogP contribution in [0.25, 0.3) is 17.1 Å². The van der Waals surface area contributed by atoms with E-state index in [0.717, 1.165) is 36.3 Å². The van der Waals surface area contributed by atoms with Crippen molar-refractivity contribution in [1.82, 2.24) is 24.8 Å². The molecule has 1 fully saturated rings. The van der Waals surface area contributed by atoms with Crippen molar-refractivity contribution in [3.05, 3.63) is 70.5 Å². The van der Waals surface area contributed by atoms with E-state index in [1.54, 1.807) is 17.5 Å². The number of hydrogen-bond donors (Lipinski definition) is 0. The molecular weight excluding hydrogens is 410 g/mol. The maximum Gasteiger partial charge on any atom is 0.257 e. The summed E-state index contributed by atoms with van der Waals surface area (Å²) in [6.45, 7) is 3.39. The molecule has 31 heavy (non-hydrogen) atoms. The predicted molar refractivity (Wildman–Crippen MR) is 118 cm³/mol. The molecule has 8 heteroatoms. The standard InChI is InChI=1S/C23H23N5O2S/c1-16-20(13-24-28(16)19-7-3-2-4-8-19)23(29)27-10-5-6-17(14-27)12-21-25-22(26-30-21)18-9-11-31-15-18/h2-4,7-9,11,13,15,17H,5-6,10,12,14H2,1H3. The van der Waals surface area contributed by atoms with Crippen molar-refractivity contribution in [2.45, 2.75) is 26.2 Å². The molecule has 7 nitrogen and oxygen atoms in total. The van der Waals surface area contributed by atoms with E-state index in [9.17, 15) is 4.79 Å². The number of likely N-dealkylation sites (tertiary alicyclic amines) is 1. The van der Waals surface area contributed by atoms with E-state index in [1.807, 2.05) is 63.7 Å². The molecule has 0 bridgehead atoms. The Hall–Kier alpha value is -3.26. The second kappa shape index (κ2) is 8.47. The maximum absolute atomic E-state index is 13.2. The van der Waals surface area contributed by atoms with E-state index in [2.05, 4.69) is 15.2 Å². The largest absolute Gasteiger partial charge is 0.339 e. The van der Waals surface area contributed by atoms with Crippen LogP contribution in [0.5, 0.6) is 0 Å². The zero-order chi connectivity index (χ0) is 21.2. The summed E-state index contributed by atoms with van der Waals surface area (Å²) < 4.78 is 7.29. The van der Waals surface area contributed by atoms with Gasteiger partial charge in [0.25, 0.3) is 5.91 Å². The van der Waals surface area contributed by atoms with E-state index in [1.165, 1.54) is 0 Å². The number of piperidine rings is 1. The number of aromatic nitrogens is 4. The van der Waals surface area contributed by atoms with Gasteiger partial charge < -0.3 is 9.42 Å². The lowest BCUT2D eigenvalue weighted by atomic mass is 9.94. The smallest absolute Gasteiger partial charge is 0.257 e. The molecule has 4 aromatic rings. The third kappa shape index (κ3) is 4.03. The minimum absolute atomic E-state index is 0.0360. The molecule has 1 saturated heterocycles. The van der Waals surface area contributed by atoms with Crippen LogP contribution < -0.4 is 0 Å². The van der Waals surface area contributed by atoms with Crippen LogP contribution in [0.15, 0.2) is 57.9 Å². The molecule has 1 amide bonds. The van der Waals surface area contributed by atoms with Crippen LogP contribution in [0.1, 0.15) is 34.8 Å². The van der Waals surface area contributed by atoms with Gasteiger partial charge in [-0.15, -0.1) is 0 Å². The highest BCUT2D eigenvalue weighted by atomic mass is 32.1. The number of para-hydroxylation sites is 1. The summed E-state index contributed by atoms with van der Waals surface area (Å²) in [5, 5.41) is 12.6. The fourth-order valence-corrected chi connectivity index (χ4v) is 4.76. The van der Waals surface area contributed by atoms with Crippen molar-refractivity contribution in [1.29, 1.82) is 0 Å². The number of rotatable bonds is 5. The topological polar surface area (TPSA) is 77.1 Å². The van der Waals surface area contributed by atoms with Gasteiger partial charge in [-0.25, -0.2) is 4.68 Å². The lowest BCUT2D eigenvalue weighted by molar-refractivity contribution is 0.0667. The first kappa shape index (κ1) is 19.7. The van der Waals surface area contributed by atoms with Crippen molar-refractivity contribution in [3.8, 4) is 17.1 Å².